The van der Waals surface area contributed by atoms with Crippen molar-refractivity contribution in [1.82, 2.24) is 14.3 Å². The lowest BCUT2D eigenvalue weighted by Crippen LogP contribution is -2.05. The SMILES string of the molecule is CCc1cnc(C(C)Nc2nc(-c3ccccc3)ns2)s1. The van der Waals surface area contributed by atoms with Crippen molar-refractivity contribution in [3.05, 3.63) is 46.4 Å². The maximum atomic E-state index is 4.55. The van der Waals surface area contributed by atoms with Gasteiger partial charge in [-0.1, -0.05) is 37.3 Å². The van der Waals surface area contributed by atoms with Crippen LogP contribution in [0.2, 0.25) is 0 Å². The summed E-state index contributed by atoms with van der Waals surface area (Å²) in [6, 6.07) is 10.2. The second-order valence-electron chi connectivity index (χ2n) is 4.67. The summed E-state index contributed by atoms with van der Waals surface area (Å²) in [4.78, 5) is 10.3. The Bertz CT molecular complexity index is 705. The van der Waals surface area contributed by atoms with E-state index in [4.69, 9.17) is 0 Å². The van der Waals surface area contributed by atoms with Crippen LogP contribution < -0.4 is 5.32 Å². The molecule has 3 aromatic rings. The van der Waals surface area contributed by atoms with Crippen molar-refractivity contribution in [1.29, 1.82) is 0 Å². The Hall–Kier alpha value is -1.79. The molecule has 0 saturated heterocycles. The van der Waals surface area contributed by atoms with E-state index in [0.29, 0.717) is 0 Å². The topological polar surface area (TPSA) is 50.7 Å². The Labute approximate surface area is 132 Å². The highest BCUT2D eigenvalue weighted by Crippen LogP contribution is 2.26. The normalized spacial score (nSPS) is 12.3. The molecule has 0 radical (unpaired) electrons. The molecule has 0 spiro atoms. The van der Waals surface area contributed by atoms with Crippen LogP contribution in [0.4, 0.5) is 5.13 Å². The minimum atomic E-state index is 0.145. The lowest BCUT2D eigenvalue weighted by atomic mass is 10.2. The first-order valence-corrected chi connectivity index (χ1v) is 8.45. The molecule has 6 heteroatoms. The molecule has 0 aliphatic rings. The fourth-order valence-corrected chi connectivity index (χ4v) is 3.46. The van der Waals surface area contributed by atoms with E-state index < -0.39 is 0 Å². The molecule has 2 heterocycles. The molecule has 2 aromatic heterocycles. The van der Waals surface area contributed by atoms with Crippen molar-refractivity contribution in [2.45, 2.75) is 26.3 Å². The van der Waals surface area contributed by atoms with E-state index in [9.17, 15) is 0 Å². The van der Waals surface area contributed by atoms with E-state index in [1.165, 1.54) is 16.4 Å². The molecule has 21 heavy (non-hydrogen) atoms. The molecule has 0 bridgehead atoms. The maximum absolute atomic E-state index is 4.55. The number of aromatic nitrogens is 3. The standard InChI is InChI=1S/C15H16N4S2/c1-3-12-9-16-14(20-12)10(2)17-15-18-13(19-21-15)11-7-5-4-6-8-11/h4-10H,3H2,1-2H3,(H,17,18,19). The second kappa shape index (κ2) is 6.32. The Balaban J connectivity index is 1.72. The molecule has 108 valence electrons. The summed E-state index contributed by atoms with van der Waals surface area (Å²) in [5.74, 6) is 0.767. The van der Waals surface area contributed by atoms with Crippen molar-refractivity contribution in [3.8, 4) is 11.4 Å². The number of aryl methyl sites for hydroxylation is 1. The summed E-state index contributed by atoms with van der Waals surface area (Å²) in [5.41, 5.74) is 1.04. The summed E-state index contributed by atoms with van der Waals surface area (Å²) < 4.78 is 4.41. The van der Waals surface area contributed by atoms with Gasteiger partial charge in [-0.2, -0.15) is 9.36 Å². The third kappa shape index (κ3) is 3.28. The van der Waals surface area contributed by atoms with Crippen LogP contribution in [-0.4, -0.2) is 14.3 Å². The predicted octanol–water partition coefficient (Wildman–Crippen LogP) is 4.40. The largest absolute Gasteiger partial charge is 0.351 e. The van der Waals surface area contributed by atoms with Gasteiger partial charge in [0.05, 0.1) is 6.04 Å². The zero-order chi connectivity index (χ0) is 14.7. The van der Waals surface area contributed by atoms with Crippen LogP contribution in [0.1, 0.15) is 29.8 Å². The van der Waals surface area contributed by atoms with E-state index in [0.717, 1.165) is 27.9 Å². The summed E-state index contributed by atoms with van der Waals surface area (Å²) in [6.07, 6.45) is 2.98. The minimum Gasteiger partial charge on any atom is -0.351 e. The Morgan fingerprint density at radius 2 is 2.05 bits per heavy atom. The molecule has 1 aromatic carbocycles. The van der Waals surface area contributed by atoms with Gasteiger partial charge in [-0.3, -0.25) is 0 Å². The highest BCUT2D eigenvalue weighted by molar-refractivity contribution is 7.11. The Morgan fingerprint density at radius 3 is 2.76 bits per heavy atom. The van der Waals surface area contributed by atoms with Gasteiger partial charge in [-0.25, -0.2) is 4.98 Å². The monoisotopic (exact) mass is 316 g/mol. The molecule has 0 saturated carbocycles. The van der Waals surface area contributed by atoms with Gasteiger partial charge in [-0.05, 0) is 13.3 Å². The zero-order valence-electron chi connectivity index (χ0n) is 11.9. The number of nitrogens with one attached hydrogen (secondary N) is 1. The number of thiazole rings is 1. The maximum Gasteiger partial charge on any atom is 0.203 e. The van der Waals surface area contributed by atoms with Gasteiger partial charge in [0, 0.05) is 28.2 Å². The molecular formula is C15H16N4S2. The van der Waals surface area contributed by atoms with E-state index in [-0.39, 0.29) is 6.04 Å². The summed E-state index contributed by atoms with van der Waals surface area (Å²) in [7, 11) is 0. The number of hydrogen-bond acceptors (Lipinski definition) is 6. The number of anilines is 1. The van der Waals surface area contributed by atoms with E-state index >= 15 is 0 Å². The van der Waals surface area contributed by atoms with Crippen molar-refractivity contribution in [2.24, 2.45) is 0 Å². The second-order valence-corrected chi connectivity index (χ2v) is 6.57. The average Bonchev–Trinajstić information content (AvgIpc) is 3.17. The van der Waals surface area contributed by atoms with Crippen LogP contribution >= 0.6 is 22.9 Å². The number of hydrogen-bond donors (Lipinski definition) is 1. The molecule has 0 fully saturated rings. The molecule has 1 unspecified atom stereocenters. The molecule has 1 atom stereocenters. The highest BCUT2D eigenvalue weighted by atomic mass is 32.1. The number of nitrogens with zero attached hydrogens (tertiary/aromatic N) is 3. The van der Waals surface area contributed by atoms with Crippen LogP contribution in [0.25, 0.3) is 11.4 Å². The molecule has 0 aliphatic heterocycles. The Kier molecular flexibility index (Phi) is 4.26. The van der Waals surface area contributed by atoms with E-state index in [1.807, 2.05) is 36.5 Å². The van der Waals surface area contributed by atoms with Crippen LogP contribution in [0.5, 0.6) is 0 Å². The van der Waals surface area contributed by atoms with Gasteiger partial charge < -0.3 is 5.32 Å². The Morgan fingerprint density at radius 1 is 1.24 bits per heavy atom. The lowest BCUT2D eigenvalue weighted by molar-refractivity contribution is 0.867. The number of benzene rings is 1. The van der Waals surface area contributed by atoms with E-state index in [2.05, 4.69) is 33.5 Å². The first kappa shape index (κ1) is 14.2. The van der Waals surface area contributed by atoms with Gasteiger partial charge in [0.25, 0.3) is 0 Å². The lowest BCUT2D eigenvalue weighted by Gasteiger charge is -2.08. The smallest absolute Gasteiger partial charge is 0.203 e. The van der Waals surface area contributed by atoms with E-state index in [1.54, 1.807) is 11.3 Å². The van der Waals surface area contributed by atoms with Gasteiger partial charge in [0.15, 0.2) is 5.82 Å². The van der Waals surface area contributed by atoms with Crippen LogP contribution in [-0.2, 0) is 6.42 Å². The van der Waals surface area contributed by atoms with Crippen molar-refractivity contribution < 1.29 is 0 Å². The third-order valence-corrected chi connectivity index (χ3v) is 5.06. The quantitative estimate of drug-likeness (QED) is 0.758. The fourth-order valence-electron chi connectivity index (χ4n) is 1.92. The molecule has 0 aliphatic carbocycles. The molecule has 4 nitrogen and oxygen atoms in total. The molecular weight excluding hydrogens is 300 g/mol. The van der Waals surface area contributed by atoms with Gasteiger partial charge >= 0.3 is 0 Å². The first-order chi connectivity index (χ1) is 10.3. The minimum absolute atomic E-state index is 0.145. The third-order valence-electron chi connectivity index (χ3n) is 3.09. The fraction of sp³-hybridized carbons (Fsp3) is 0.267. The number of rotatable bonds is 5. The van der Waals surface area contributed by atoms with Gasteiger partial charge in [-0.15, -0.1) is 11.3 Å². The van der Waals surface area contributed by atoms with Crippen LogP contribution in [0, 0.1) is 0 Å². The summed E-state index contributed by atoms with van der Waals surface area (Å²) in [5, 5.41) is 5.29. The average molecular weight is 316 g/mol. The molecule has 0 amide bonds. The van der Waals surface area contributed by atoms with Crippen molar-refractivity contribution in [3.63, 3.8) is 0 Å². The predicted molar refractivity (Wildman–Crippen MR) is 88.9 cm³/mol. The van der Waals surface area contributed by atoms with Crippen LogP contribution in [0.3, 0.4) is 0 Å². The zero-order valence-corrected chi connectivity index (χ0v) is 13.5. The highest BCUT2D eigenvalue weighted by Gasteiger charge is 2.13. The van der Waals surface area contributed by atoms with Crippen molar-refractivity contribution >= 4 is 28.0 Å². The molecule has 3 rings (SSSR count). The van der Waals surface area contributed by atoms with Crippen molar-refractivity contribution in [2.75, 3.05) is 5.32 Å². The van der Waals surface area contributed by atoms with Gasteiger partial charge in [0.2, 0.25) is 5.13 Å². The first-order valence-electron chi connectivity index (χ1n) is 6.86. The van der Waals surface area contributed by atoms with Gasteiger partial charge in [0.1, 0.15) is 5.01 Å². The summed E-state index contributed by atoms with van der Waals surface area (Å²) >= 11 is 3.13. The molecule has 1 N–H and O–H groups in total. The summed E-state index contributed by atoms with van der Waals surface area (Å²) in [6.45, 7) is 4.24. The van der Waals surface area contributed by atoms with Crippen LogP contribution in [0.15, 0.2) is 36.5 Å².